The number of nitrogens with one attached hydrogen (secondary N) is 2. The van der Waals surface area contributed by atoms with Gasteiger partial charge in [0.2, 0.25) is 17.8 Å². The number of hydrogen-bond donors (Lipinski definition) is 2. The van der Waals surface area contributed by atoms with Gasteiger partial charge >= 0.3 is 0 Å². The number of aromatic nitrogens is 3. The summed E-state index contributed by atoms with van der Waals surface area (Å²) in [7, 11) is 0. The molecule has 11 heteroatoms. The summed E-state index contributed by atoms with van der Waals surface area (Å²) in [5.41, 5.74) is 1.87. The normalized spacial score (nSPS) is 11.8. The molecule has 0 bridgehead atoms. The van der Waals surface area contributed by atoms with Crippen LogP contribution in [-0.4, -0.2) is 39.5 Å². The molecular weight excluding hydrogens is 474 g/mol. The van der Waals surface area contributed by atoms with Crippen LogP contribution < -0.4 is 20.1 Å². The predicted octanol–water partition coefficient (Wildman–Crippen LogP) is 4.31. The molecule has 9 nitrogen and oxygen atoms in total. The zero-order chi connectivity index (χ0) is 23.3. The molecule has 1 aliphatic heterocycles. The van der Waals surface area contributed by atoms with Crippen LogP contribution in [0.2, 0.25) is 0 Å². The summed E-state index contributed by atoms with van der Waals surface area (Å²) in [5.74, 6) is 0.687. The van der Waals surface area contributed by atoms with Gasteiger partial charge in [0.15, 0.2) is 11.5 Å². The van der Waals surface area contributed by atoms with Gasteiger partial charge in [0.25, 0.3) is 5.91 Å². The van der Waals surface area contributed by atoms with E-state index in [4.69, 9.17) is 9.47 Å². The minimum absolute atomic E-state index is 0.0721. The molecule has 3 heterocycles. The average molecular weight is 492 g/mol. The first-order chi connectivity index (χ1) is 16.7. The molecule has 2 N–H and O–H groups in total. The van der Waals surface area contributed by atoms with Crippen molar-refractivity contribution in [2.45, 2.75) is 5.03 Å². The van der Waals surface area contributed by atoms with Gasteiger partial charge in [0.1, 0.15) is 10.0 Å². The summed E-state index contributed by atoms with van der Waals surface area (Å²) in [5, 5.41) is 15.3. The fourth-order valence-corrected chi connectivity index (χ4v) is 4.66. The molecule has 1 aliphatic rings. The lowest BCUT2D eigenvalue weighted by Crippen LogP contribution is -2.16. The number of carbonyl (C=O) groups is 2. The van der Waals surface area contributed by atoms with Crippen LogP contribution >= 0.6 is 23.1 Å². The van der Waals surface area contributed by atoms with Gasteiger partial charge in [0.05, 0.1) is 11.3 Å². The topological polar surface area (TPSA) is 115 Å². The minimum Gasteiger partial charge on any atom is -0.454 e. The predicted molar refractivity (Wildman–Crippen MR) is 129 cm³/mol. The Morgan fingerprint density at radius 1 is 0.971 bits per heavy atom. The van der Waals surface area contributed by atoms with Crippen molar-refractivity contribution in [2.75, 3.05) is 23.2 Å². The standard InChI is InChI=1S/C23H17N5O4S2/c29-19(25-15-8-9-17-18(11-15)32-13-31-17)12-33-22-16(7-4-10-24-22)20(30)26-23-28-27-21(34-23)14-5-2-1-3-6-14/h1-11H,12-13H2,(H,25,29)(H,26,28,30). The van der Waals surface area contributed by atoms with E-state index in [0.717, 1.165) is 5.56 Å². The number of hydrogen-bond acceptors (Lipinski definition) is 9. The van der Waals surface area contributed by atoms with Gasteiger partial charge < -0.3 is 14.8 Å². The van der Waals surface area contributed by atoms with Crippen LogP contribution in [0.3, 0.4) is 0 Å². The van der Waals surface area contributed by atoms with Gasteiger partial charge in [0, 0.05) is 23.5 Å². The van der Waals surface area contributed by atoms with Crippen LogP contribution in [-0.2, 0) is 4.79 Å². The Hall–Kier alpha value is -3.96. The summed E-state index contributed by atoms with van der Waals surface area (Å²) >= 11 is 2.45. The van der Waals surface area contributed by atoms with Gasteiger partial charge in [-0.05, 0) is 24.3 Å². The molecule has 0 radical (unpaired) electrons. The highest BCUT2D eigenvalue weighted by Gasteiger charge is 2.18. The van der Waals surface area contributed by atoms with Gasteiger partial charge in [-0.2, -0.15) is 0 Å². The van der Waals surface area contributed by atoms with E-state index in [-0.39, 0.29) is 24.4 Å². The third-order valence-electron chi connectivity index (χ3n) is 4.68. The Morgan fingerprint density at radius 3 is 2.71 bits per heavy atom. The quantitative estimate of drug-likeness (QED) is 0.368. The van der Waals surface area contributed by atoms with Crippen LogP contribution in [0, 0.1) is 0 Å². The average Bonchev–Trinajstić information content (AvgIpc) is 3.53. The number of thioether (sulfide) groups is 1. The van der Waals surface area contributed by atoms with E-state index in [1.54, 1.807) is 36.5 Å². The second-order valence-corrected chi connectivity index (χ2v) is 8.94. The number of anilines is 2. The van der Waals surface area contributed by atoms with Crippen molar-refractivity contribution < 1.29 is 19.1 Å². The Balaban J connectivity index is 1.21. The molecule has 2 aromatic heterocycles. The first-order valence-electron chi connectivity index (χ1n) is 10.1. The van der Waals surface area contributed by atoms with E-state index >= 15 is 0 Å². The summed E-state index contributed by atoms with van der Waals surface area (Å²) in [4.78, 5) is 29.6. The molecule has 0 saturated carbocycles. The van der Waals surface area contributed by atoms with Gasteiger partial charge in [-0.15, -0.1) is 10.2 Å². The fourth-order valence-electron chi connectivity index (χ4n) is 3.12. The van der Waals surface area contributed by atoms with Crippen molar-refractivity contribution in [3.05, 3.63) is 72.4 Å². The molecule has 34 heavy (non-hydrogen) atoms. The Kier molecular flexibility index (Phi) is 6.36. The van der Waals surface area contributed by atoms with E-state index in [2.05, 4.69) is 25.8 Å². The van der Waals surface area contributed by atoms with Gasteiger partial charge in [-0.25, -0.2) is 4.98 Å². The summed E-state index contributed by atoms with van der Waals surface area (Å²) < 4.78 is 10.6. The van der Waals surface area contributed by atoms with E-state index in [1.807, 2.05) is 30.3 Å². The smallest absolute Gasteiger partial charge is 0.260 e. The number of carbonyl (C=O) groups excluding carboxylic acids is 2. The maximum atomic E-state index is 12.9. The zero-order valence-corrected chi connectivity index (χ0v) is 19.2. The van der Waals surface area contributed by atoms with Crippen LogP contribution in [0.5, 0.6) is 11.5 Å². The molecule has 0 spiro atoms. The number of ether oxygens (including phenoxy) is 2. The van der Waals surface area contributed by atoms with Crippen molar-refractivity contribution in [1.29, 1.82) is 0 Å². The fraction of sp³-hybridized carbons (Fsp3) is 0.0870. The van der Waals surface area contributed by atoms with Crippen LogP contribution in [0.15, 0.2) is 71.9 Å². The monoisotopic (exact) mass is 491 g/mol. The second kappa shape index (κ2) is 9.89. The Bertz CT molecular complexity index is 1350. The molecular formula is C23H17N5O4S2. The van der Waals surface area contributed by atoms with E-state index in [9.17, 15) is 9.59 Å². The molecule has 170 valence electrons. The lowest BCUT2D eigenvalue weighted by molar-refractivity contribution is -0.113. The lowest BCUT2D eigenvalue weighted by atomic mass is 10.2. The summed E-state index contributed by atoms with van der Waals surface area (Å²) in [6.45, 7) is 0.164. The highest BCUT2D eigenvalue weighted by molar-refractivity contribution is 8.00. The molecule has 4 aromatic rings. The van der Waals surface area contributed by atoms with Gasteiger partial charge in [-0.3, -0.25) is 14.9 Å². The first kappa shape index (κ1) is 21.9. The van der Waals surface area contributed by atoms with Crippen LogP contribution in [0.1, 0.15) is 10.4 Å². The van der Waals surface area contributed by atoms with Crippen molar-refractivity contribution in [3.63, 3.8) is 0 Å². The number of rotatable bonds is 7. The molecule has 0 saturated heterocycles. The van der Waals surface area contributed by atoms with Crippen molar-refractivity contribution >= 4 is 45.7 Å². The van der Waals surface area contributed by atoms with Gasteiger partial charge in [-0.1, -0.05) is 53.4 Å². The number of amides is 2. The Labute approximate surface area is 202 Å². The summed E-state index contributed by atoms with van der Waals surface area (Å²) in [6.07, 6.45) is 1.58. The highest BCUT2D eigenvalue weighted by Crippen LogP contribution is 2.34. The van der Waals surface area contributed by atoms with E-state index in [0.29, 0.717) is 37.9 Å². The zero-order valence-electron chi connectivity index (χ0n) is 17.6. The number of fused-ring (bicyclic) bond motifs is 1. The highest BCUT2D eigenvalue weighted by atomic mass is 32.2. The van der Waals surface area contributed by atoms with Crippen molar-refractivity contribution in [2.24, 2.45) is 0 Å². The van der Waals surface area contributed by atoms with Crippen molar-refractivity contribution in [1.82, 2.24) is 15.2 Å². The molecule has 0 aliphatic carbocycles. The molecule has 0 unspecified atom stereocenters. The maximum Gasteiger partial charge on any atom is 0.260 e. The third kappa shape index (κ3) is 5.00. The first-order valence-corrected chi connectivity index (χ1v) is 11.9. The third-order valence-corrected chi connectivity index (χ3v) is 6.57. The Morgan fingerprint density at radius 2 is 1.82 bits per heavy atom. The molecule has 5 rings (SSSR count). The molecule has 0 atom stereocenters. The van der Waals surface area contributed by atoms with E-state index < -0.39 is 0 Å². The molecule has 0 fully saturated rings. The largest absolute Gasteiger partial charge is 0.454 e. The SMILES string of the molecule is O=C(CSc1ncccc1C(=O)Nc1nnc(-c2ccccc2)s1)Nc1ccc2c(c1)OCO2. The van der Waals surface area contributed by atoms with E-state index in [1.165, 1.54) is 23.1 Å². The number of nitrogens with zero attached hydrogens (tertiary/aromatic N) is 3. The van der Waals surface area contributed by atoms with Crippen LogP contribution in [0.4, 0.5) is 10.8 Å². The molecule has 2 aromatic carbocycles. The maximum absolute atomic E-state index is 12.9. The van der Waals surface area contributed by atoms with Crippen molar-refractivity contribution in [3.8, 4) is 22.1 Å². The molecule has 2 amide bonds. The van der Waals surface area contributed by atoms with Crippen LogP contribution in [0.25, 0.3) is 10.6 Å². The number of benzene rings is 2. The lowest BCUT2D eigenvalue weighted by Gasteiger charge is -2.08. The minimum atomic E-state index is -0.373. The second-order valence-electron chi connectivity index (χ2n) is 6.99. The summed E-state index contributed by atoms with van der Waals surface area (Å²) in [6, 6.07) is 18.1. The number of pyridine rings is 1.